The minimum Gasteiger partial charge on any atom is -0.381 e. The zero-order valence-electron chi connectivity index (χ0n) is 11.4. The van der Waals surface area contributed by atoms with Crippen LogP contribution in [0.25, 0.3) is 0 Å². The van der Waals surface area contributed by atoms with E-state index in [9.17, 15) is 12.8 Å². The monoisotopic (exact) mass is 312 g/mol. The second kappa shape index (κ2) is 7.00. The first-order valence-corrected chi connectivity index (χ1v) is 8.10. The smallest absolute Gasteiger partial charge is 0.243 e. The highest BCUT2D eigenvalue weighted by Crippen LogP contribution is 2.18. The van der Waals surface area contributed by atoms with Crippen molar-refractivity contribution in [3.8, 4) is 11.8 Å². The van der Waals surface area contributed by atoms with Gasteiger partial charge in [-0.1, -0.05) is 11.8 Å². The molecule has 1 aliphatic heterocycles. The van der Waals surface area contributed by atoms with Crippen LogP contribution in [-0.4, -0.2) is 34.2 Å². The van der Waals surface area contributed by atoms with Gasteiger partial charge in [0.05, 0.1) is 6.54 Å². The molecule has 1 fully saturated rings. The number of hydrogen-bond acceptors (Lipinski definition) is 4. The Morgan fingerprint density at radius 2 is 2.10 bits per heavy atom. The minimum atomic E-state index is -3.88. The molecule has 5 nitrogen and oxygen atoms in total. The topological polar surface area (TPSA) is 81.4 Å². The number of ether oxygens (including phenoxy) is 1. The first-order valence-electron chi connectivity index (χ1n) is 6.61. The Balaban J connectivity index is 2.19. The summed E-state index contributed by atoms with van der Waals surface area (Å²) >= 11 is 0. The summed E-state index contributed by atoms with van der Waals surface area (Å²) in [7, 11) is -3.88. The van der Waals surface area contributed by atoms with Gasteiger partial charge in [0.2, 0.25) is 10.0 Å². The summed E-state index contributed by atoms with van der Waals surface area (Å²) in [6.45, 7) is 1.17. The molecule has 1 saturated heterocycles. The fourth-order valence-electron chi connectivity index (χ4n) is 2.05. The largest absolute Gasteiger partial charge is 0.381 e. The van der Waals surface area contributed by atoms with Gasteiger partial charge in [0.25, 0.3) is 0 Å². The Kier molecular flexibility index (Phi) is 5.31. The Hall–Kier alpha value is -1.46. The number of halogens is 1. The molecule has 0 amide bonds. The highest BCUT2D eigenvalue weighted by Gasteiger charge is 2.24. The van der Waals surface area contributed by atoms with Crippen LogP contribution in [0.1, 0.15) is 18.4 Å². The molecule has 1 aromatic rings. The van der Waals surface area contributed by atoms with Gasteiger partial charge in [0, 0.05) is 24.8 Å². The Bertz CT molecular complexity index is 659. The number of sulfonamides is 1. The summed E-state index contributed by atoms with van der Waals surface area (Å²) < 4.78 is 46.1. The zero-order chi connectivity index (χ0) is 15.3. The number of benzene rings is 1. The third kappa shape index (κ3) is 4.25. The quantitative estimate of drug-likeness (QED) is 0.801. The lowest BCUT2D eigenvalue weighted by Gasteiger charge is -2.23. The summed E-state index contributed by atoms with van der Waals surface area (Å²) in [5.41, 5.74) is 5.63. The second-order valence-corrected chi connectivity index (χ2v) is 6.34. The van der Waals surface area contributed by atoms with Crippen molar-refractivity contribution in [3.63, 3.8) is 0 Å². The van der Waals surface area contributed by atoms with Crippen molar-refractivity contribution in [2.75, 3.05) is 19.8 Å². The van der Waals surface area contributed by atoms with Gasteiger partial charge in [-0.25, -0.2) is 17.5 Å². The summed E-state index contributed by atoms with van der Waals surface area (Å²) in [6.07, 6.45) is 1.17. The van der Waals surface area contributed by atoms with Gasteiger partial charge >= 0.3 is 0 Å². The molecule has 0 atom stereocenters. The van der Waals surface area contributed by atoms with E-state index < -0.39 is 15.8 Å². The molecule has 0 spiro atoms. The fraction of sp³-hybridized carbons (Fsp3) is 0.429. The van der Waals surface area contributed by atoms with Crippen molar-refractivity contribution in [2.24, 2.45) is 5.73 Å². The molecule has 21 heavy (non-hydrogen) atoms. The highest BCUT2D eigenvalue weighted by molar-refractivity contribution is 7.89. The predicted molar refractivity (Wildman–Crippen MR) is 76.5 cm³/mol. The maximum atomic E-state index is 14.0. The molecular formula is C14H17FN2O3S. The van der Waals surface area contributed by atoms with Gasteiger partial charge in [-0.2, -0.15) is 0 Å². The Morgan fingerprint density at radius 3 is 2.71 bits per heavy atom. The number of nitrogens with one attached hydrogen (secondary N) is 1. The van der Waals surface area contributed by atoms with Crippen LogP contribution in [0.15, 0.2) is 23.1 Å². The van der Waals surface area contributed by atoms with E-state index in [1.54, 1.807) is 0 Å². The van der Waals surface area contributed by atoms with Crippen molar-refractivity contribution >= 4 is 10.0 Å². The minimum absolute atomic E-state index is 0.160. The fourth-order valence-corrected chi connectivity index (χ4v) is 3.41. The lowest BCUT2D eigenvalue weighted by Crippen LogP contribution is -2.39. The maximum absolute atomic E-state index is 14.0. The van der Waals surface area contributed by atoms with E-state index in [0.717, 1.165) is 6.07 Å². The third-order valence-electron chi connectivity index (χ3n) is 3.10. The van der Waals surface area contributed by atoms with Gasteiger partial charge in [0.1, 0.15) is 10.7 Å². The van der Waals surface area contributed by atoms with Crippen LogP contribution in [-0.2, 0) is 14.8 Å². The number of rotatable bonds is 3. The first kappa shape index (κ1) is 15.9. The van der Waals surface area contributed by atoms with Crippen LogP contribution in [0.3, 0.4) is 0 Å². The highest BCUT2D eigenvalue weighted by atomic mass is 32.2. The van der Waals surface area contributed by atoms with Gasteiger partial charge in [-0.05, 0) is 31.0 Å². The molecule has 1 aromatic carbocycles. The van der Waals surface area contributed by atoms with Crippen LogP contribution in [0.4, 0.5) is 4.39 Å². The van der Waals surface area contributed by atoms with Crippen LogP contribution in [0, 0.1) is 17.7 Å². The van der Waals surface area contributed by atoms with Crippen LogP contribution < -0.4 is 10.5 Å². The molecule has 0 radical (unpaired) electrons. The van der Waals surface area contributed by atoms with E-state index in [2.05, 4.69) is 16.6 Å². The lowest BCUT2D eigenvalue weighted by atomic mass is 10.1. The summed E-state index contributed by atoms with van der Waals surface area (Å²) in [6, 6.07) is 3.56. The second-order valence-electron chi connectivity index (χ2n) is 4.66. The third-order valence-corrected chi connectivity index (χ3v) is 4.65. The van der Waals surface area contributed by atoms with E-state index >= 15 is 0 Å². The lowest BCUT2D eigenvalue weighted by molar-refractivity contribution is 0.0832. The molecule has 1 aliphatic rings. The van der Waals surface area contributed by atoms with E-state index in [-0.39, 0.29) is 17.5 Å². The average Bonchev–Trinajstić information content (AvgIpc) is 2.45. The van der Waals surface area contributed by atoms with Crippen LogP contribution >= 0.6 is 0 Å². The molecule has 0 bridgehead atoms. The van der Waals surface area contributed by atoms with Crippen molar-refractivity contribution in [1.29, 1.82) is 0 Å². The van der Waals surface area contributed by atoms with Crippen molar-refractivity contribution < 1.29 is 17.5 Å². The van der Waals surface area contributed by atoms with E-state index in [1.165, 1.54) is 12.1 Å². The molecule has 0 unspecified atom stereocenters. The van der Waals surface area contributed by atoms with E-state index in [4.69, 9.17) is 10.5 Å². The van der Waals surface area contributed by atoms with E-state index in [0.29, 0.717) is 31.6 Å². The zero-order valence-corrected chi connectivity index (χ0v) is 12.2. The standard InChI is InChI=1S/C14H17FN2O3S/c15-13-10-11(2-1-7-16)3-4-14(13)21(18,19)17-12-5-8-20-9-6-12/h3-4,10,12,17H,5-9,16H2. The van der Waals surface area contributed by atoms with Gasteiger partial charge in [-0.3, -0.25) is 0 Å². The SMILES string of the molecule is NCC#Cc1ccc(S(=O)(=O)NC2CCOCC2)c(F)c1. The summed E-state index contributed by atoms with van der Waals surface area (Å²) in [5, 5.41) is 0. The molecule has 0 aliphatic carbocycles. The van der Waals surface area contributed by atoms with Gasteiger partial charge < -0.3 is 10.5 Å². The first-order chi connectivity index (χ1) is 10.0. The van der Waals surface area contributed by atoms with Gasteiger partial charge in [-0.15, -0.1) is 0 Å². The molecule has 2 rings (SSSR count). The number of hydrogen-bond donors (Lipinski definition) is 2. The molecule has 0 aromatic heterocycles. The van der Waals surface area contributed by atoms with Gasteiger partial charge in [0.15, 0.2) is 0 Å². The molecule has 114 valence electrons. The molecule has 1 heterocycles. The predicted octanol–water partition coefficient (Wildman–Crippen LogP) is 0.593. The normalized spacial score (nSPS) is 16.3. The van der Waals surface area contributed by atoms with Crippen LogP contribution in [0.5, 0.6) is 0 Å². The maximum Gasteiger partial charge on any atom is 0.243 e. The molecule has 7 heteroatoms. The molecule has 0 saturated carbocycles. The van der Waals surface area contributed by atoms with Crippen LogP contribution in [0.2, 0.25) is 0 Å². The molecular weight excluding hydrogens is 295 g/mol. The van der Waals surface area contributed by atoms with Crippen molar-refractivity contribution in [2.45, 2.75) is 23.8 Å². The van der Waals surface area contributed by atoms with Crippen molar-refractivity contribution in [3.05, 3.63) is 29.6 Å². The van der Waals surface area contributed by atoms with E-state index in [1.807, 2.05) is 0 Å². The summed E-state index contributed by atoms with van der Waals surface area (Å²) in [5.74, 6) is 4.43. The van der Waals surface area contributed by atoms with Crippen molar-refractivity contribution in [1.82, 2.24) is 4.72 Å². The Morgan fingerprint density at radius 1 is 1.38 bits per heavy atom. The summed E-state index contributed by atoms with van der Waals surface area (Å²) in [4.78, 5) is -0.368. The number of nitrogens with two attached hydrogens (primary N) is 1. The average molecular weight is 312 g/mol. The molecule has 3 N–H and O–H groups in total. The Labute approximate surface area is 123 Å².